The molecule has 0 aromatic heterocycles. The van der Waals surface area contributed by atoms with E-state index < -0.39 is 0 Å². The zero-order valence-corrected chi connectivity index (χ0v) is 20.6. The van der Waals surface area contributed by atoms with Crippen LogP contribution in [0.2, 0.25) is 0 Å². The lowest BCUT2D eigenvalue weighted by Crippen LogP contribution is -2.61. The molecule has 0 aliphatic carbocycles. The number of nitrogens with one attached hydrogen (secondary N) is 1. The zero-order chi connectivity index (χ0) is 23.8. The molecule has 0 atom stereocenters. The summed E-state index contributed by atoms with van der Waals surface area (Å²) >= 11 is 0. The Hall–Kier alpha value is -2.86. The first-order valence-corrected chi connectivity index (χ1v) is 12.9. The van der Waals surface area contributed by atoms with Crippen molar-refractivity contribution in [1.82, 2.24) is 9.80 Å². The predicted octanol–water partition coefficient (Wildman–Crippen LogP) is 5.04. The molecular formula is C30H37N3O2. The van der Waals surface area contributed by atoms with Gasteiger partial charge in [-0.25, -0.2) is 0 Å². The van der Waals surface area contributed by atoms with Crippen LogP contribution in [0.5, 0.6) is 5.75 Å². The fraction of sp³-hybridized carbons (Fsp3) is 0.400. The fourth-order valence-corrected chi connectivity index (χ4v) is 5.31. The molecule has 0 unspecified atom stereocenters. The maximum Gasteiger partial charge on any atom is 0.142 e. The van der Waals surface area contributed by atoms with Gasteiger partial charge >= 0.3 is 0 Å². The van der Waals surface area contributed by atoms with Crippen LogP contribution in [0.1, 0.15) is 24.0 Å². The summed E-state index contributed by atoms with van der Waals surface area (Å²) in [7, 11) is 0. The summed E-state index contributed by atoms with van der Waals surface area (Å²) in [6.45, 7) is 8.58. The molecule has 0 radical (unpaired) electrons. The van der Waals surface area contributed by atoms with Crippen molar-refractivity contribution in [3.63, 3.8) is 0 Å². The summed E-state index contributed by atoms with van der Waals surface area (Å²) < 4.78 is 12.0. The number of anilines is 1. The maximum atomic E-state index is 6.20. The molecule has 0 spiro atoms. The van der Waals surface area contributed by atoms with E-state index >= 15 is 0 Å². The Bertz CT molecular complexity index is 1030. The molecular weight excluding hydrogens is 434 g/mol. The SMILES string of the molecule is c1ccc(COc2ccccc2NCC2(N3CCN(Cc4ccccc4)CC3)CCOCC2)cc1. The summed E-state index contributed by atoms with van der Waals surface area (Å²) in [6, 6.07) is 29.5. The topological polar surface area (TPSA) is 37.0 Å². The highest BCUT2D eigenvalue weighted by molar-refractivity contribution is 5.56. The lowest BCUT2D eigenvalue weighted by Gasteiger charge is -2.50. The van der Waals surface area contributed by atoms with Gasteiger partial charge in [0.05, 0.1) is 5.69 Å². The van der Waals surface area contributed by atoms with Crippen molar-refractivity contribution < 1.29 is 9.47 Å². The van der Waals surface area contributed by atoms with Crippen LogP contribution in [0.4, 0.5) is 5.69 Å². The second-order valence-corrected chi connectivity index (χ2v) is 9.71. The number of nitrogens with zero attached hydrogens (tertiary/aromatic N) is 2. The number of hydrogen-bond acceptors (Lipinski definition) is 5. The Kier molecular flexibility index (Phi) is 7.99. The van der Waals surface area contributed by atoms with Crippen molar-refractivity contribution in [2.75, 3.05) is 51.3 Å². The highest BCUT2D eigenvalue weighted by Crippen LogP contribution is 2.32. The van der Waals surface area contributed by atoms with Crippen LogP contribution in [-0.4, -0.2) is 61.3 Å². The fourth-order valence-electron chi connectivity index (χ4n) is 5.31. The molecule has 5 heteroatoms. The molecule has 0 saturated carbocycles. The van der Waals surface area contributed by atoms with E-state index in [2.05, 4.69) is 87.9 Å². The molecule has 0 bridgehead atoms. The van der Waals surface area contributed by atoms with Gasteiger partial charge in [0.15, 0.2) is 0 Å². The monoisotopic (exact) mass is 471 g/mol. The third kappa shape index (κ3) is 6.23. The van der Waals surface area contributed by atoms with Crippen LogP contribution >= 0.6 is 0 Å². The second-order valence-electron chi connectivity index (χ2n) is 9.71. The molecule has 0 amide bonds. The number of hydrogen-bond donors (Lipinski definition) is 1. The summed E-state index contributed by atoms with van der Waals surface area (Å²) in [4.78, 5) is 5.30. The van der Waals surface area contributed by atoms with Gasteiger partial charge < -0.3 is 14.8 Å². The smallest absolute Gasteiger partial charge is 0.142 e. The molecule has 1 N–H and O–H groups in total. The Morgan fingerprint density at radius 3 is 2.09 bits per heavy atom. The largest absolute Gasteiger partial charge is 0.487 e. The van der Waals surface area contributed by atoms with Crippen molar-refractivity contribution in [2.45, 2.75) is 31.5 Å². The van der Waals surface area contributed by atoms with Gasteiger partial charge in [-0.1, -0.05) is 72.8 Å². The van der Waals surface area contributed by atoms with Crippen LogP contribution in [0.25, 0.3) is 0 Å². The van der Waals surface area contributed by atoms with Gasteiger partial charge in [-0.2, -0.15) is 0 Å². The summed E-state index contributed by atoms with van der Waals surface area (Å²) in [5.74, 6) is 0.909. The minimum absolute atomic E-state index is 0.115. The summed E-state index contributed by atoms with van der Waals surface area (Å²) in [5, 5.41) is 3.77. The standard InChI is InChI=1S/C30H37N3O2/c1-3-9-26(10-4-1)23-32-17-19-33(20-18-32)30(15-21-34-22-16-30)25-31-28-13-7-8-14-29(28)35-24-27-11-5-2-6-12-27/h1-14,31H,15-25H2. The van der Waals surface area contributed by atoms with Crippen LogP contribution in [-0.2, 0) is 17.9 Å². The maximum absolute atomic E-state index is 6.20. The van der Waals surface area contributed by atoms with E-state index in [4.69, 9.17) is 9.47 Å². The number of benzene rings is 3. The molecule has 2 aliphatic heterocycles. The lowest BCUT2D eigenvalue weighted by molar-refractivity contribution is -0.0414. The lowest BCUT2D eigenvalue weighted by atomic mass is 9.87. The van der Waals surface area contributed by atoms with Crippen LogP contribution in [0.3, 0.4) is 0 Å². The van der Waals surface area contributed by atoms with Gasteiger partial charge in [-0.3, -0.25) is 9.80 Å². The summed E-state index contributed by atoms with van der Waals surface area (Å²) in [5.41, 5.74) is 3.76. The Morgan fingerprint density at radius 1 is 0.743 bits per heavy atom. The molecule has 184 valence electrons. The van der Waals surface area contributed by atoms with Crippen LogP contribution in [0.15, 0.2) is 84.9 Å². The van der Waals surface area contributed by atoms with Gasteiger partial charge in [0.25, 0.3) is 0 Å². The van der Waals surface area contributed by atoms with E-state index in [1.165, 1.54) is 11.1 Å². The van der Waals surface area contributed by atoms with Crippen molar-refractivity contribution in [2.24, 2.45) is 0 Å². The highest BCUT2D eigenvalue weighted by Gasteiger charge is 2.39. The van der Waals surface area contributed by atoms with Crippen LogP contribution < -0.4 is 10.1 Å². The van der Waals surface area contributed by atoms with Crippen molar-refractivity contribution >= 4 is 5.69 Å². The normalized spacial score (nSPS) is 18.7. The first-order valence-electron chi connectivity index (χ1n) is 12.9. The molecule has 3 aromatic rings. The van der Waals surface area contributed by atoms with Crippen LogP contribution in [0, 0.1) is 0 Å². The van der Waals surface area contributed by atoms with E-state index in [0.717, 1.165) is 76.8 Å². The number of ether oxygens (including phenoxy) is 2. The Morgan fingerprint density at radius 2 is 1.37 bits per heavy atom. The molecule has 35 heavy (non-hydrogen) atoms. The average molecular weight is 472 g/mol. The minimum atomic E-state index is 0.115. The average Bonchev–Trinajstić information content (AvgIpc) is 2.93. The van der Waals surface area contributed by atoms with Gasteiger partial charge in [0, 0.05) is 58.0 Å². The number of para-hydroxylation sites is 2. The Balaban J connectivity index is 1.21. The van der Waals surface area contributed by atoms with E-state index in [1.54, 1.807) is 0 Å². The molecule has 2 saturated heterocycles. The summed E-state index contributed by atoms with van der Waals surface area (Å²) in [6.07, 6.45) is 2.12. The van der Waals surface area contributed by atoms with E-state index in [9.17, 15) is 0 Å². The zero-order valence-electron chi connectivity index (χ0n) is 20.6. The first-order chi connectivity index (χ1) is 17.3. The number of rotatable bonds is 9. The minimum Gasteiger partial charge on any atom is -0.487 e. The molecule has 5 nitrogen and oxygen atoms in total. The number of piperazine rings is 1. The van der Waals surface area contributed by atoms with E-state index in [0.29, 0.717) is 6.61 Å². The van der Waals surface area contributed by atoms with E-state index in [-0.39, 0.29) is 5.54 Å². The first kappa shape index (κ1) is 23.9. The van der Waals surface area contributed by atoms with Gasteiger partial charge in [-0.05, 0) is 36.1 Å². The molecule has 3 aromatic carbocycles. The van der Waals surface area contributed by atoms with Gasteiger partial charge in [-0.15, -0.1) is 0 Å². The van der Waals surface area contributed by atoms with Gasteiger partial charge in [0.1, 0.15) is 12.4 Å². The predicted molar refractivity (Wildman–Crippen MR) is 142 cm³/mol. The van der Waals surface area contributed by atoms with Crippen molar-refractivity contribution in [1.29, 1.82) is 0 Å². The molecule has 5 rings (SSSR count). The van der Waals surface area contributed by atoms with Crippen molar-refractivity contribution in [3.05, 3.63) is 96.1 Å². The quantitative estimate of drug-likeness (QED) is 0.473. The Labute approximate surface area is 209 Å². The van der Waals surface area contributed by atoms with E-state index in [1.807, 2.05) is 12.1 Å². The second kappa shape index (κ2) is 11.7. The molecule has 2 heterocycles. The molecule has 2 aliphatic rings. The highest BCUT2D eigenvalue weighted by atomic mass is 16.5. The molecule has 2 fully saturated rings. The van der Waals surface area contributed by atoms with Crippen molar-refractivity contribution in [3.8, 4) is 5.75 Å². The van der Waals surface area contributed by atoms with Gasteiger partial charge in [0.2, 0.25) is 0 Å². The third-order valence-electron chi connectivity index (χ3n) is 7.45. The third-order valence-corrected chi connectivity index (χ3v) is 7.45.